The van der Waals surface area contributed by atoms with E-state index in [1.165, 1.54) is 5.56 Å². The van der Waals surface area contributed by atoms with Crippen molar-refractivity contribution >= 4 is 17.9 Å². The van der Waals surface area contributed by atoms with Crippen LogP contribution in [0.15, 0.2) is 42.6 Å². The third kappa shape index (κ3) is 4.84. The van der Waals surface area contributed by atoms with Gasteiger partial charge in [0.1, 0.15) is 5.82 Å². The second kappa shape index (κ2) is 9.03. The summed E-state index contributed by atoms with van der Waals surface area (Å²) in [7, 11) is 0. The number of hydrogen-bond donors (Lipinski definition) is 1. The molecule has 0 spiro atoms. The second-order valence-corrected chi connectivity index (χ2v) is 6.08. The molecule has 3 rings (SSSR count). The third-order valence-electron chi connectivity index (χ3n) is 4.29. The Bertz CT molecular complexity index is 702. The first-order chi connectivity index (χ1) is 12.8. The highest BCUT2D eigenvalue weighted by molar-refractivity contribution is 5.68. The molecule has 7 nitrogen and oxygen atoms in total. The van der Waals surface area contributed by atoms with E-state index >= 15 is 0 Å². The first-order valence-corrected chi connectivity index (χ1v) is 9.03. The van der Waals surface area contributed by atoms with Gasteiger partial charge < -0.3 is 19.9 Å². The van der Waals surface area contributed by atoms with Gasteiger partial charge in [0.25, 0.3) is 0 Å². The maximum Gasteiger partial charge on any atom is 0.409 e. The predicted octanol–water partition coefficient (Wildman–Crippen LogP) is 2.41. The molecule has 1 N–H and O–H groups in total. The minimum Gasteiger partial charge on any atom is -0.450 e. The number of carbonyl (C=O) groups excluding carboxylic acids is 1. The Balaban J connectivity index is 1.50. The number of nitrogens with one attached hydrogen (secondary N) is 1. The molecule has 7 heteroatoms. The Hall–Kier alpha value is -2.83. The molecule has 26 heavy (non-hydrogen) atoms. The Labute approximate surface area is 154 Å². The van der Waals surface area contributed by atoms with Crippen molar-refractivity contribution in [3.63, 3.8) is 0 Å². The number of carbonyl (C=O) groups is 1. The van der Waals surface area contributed by atoms with E-state index in [0.29, 0.717) is 38.7 Å². The molecule has 2 heterocycles. The summed E-state index contributed by atoms with van der Waals surface area (Å²) in [6.45, 7) is 5.68. The van der Waals surface area contributed by atoms with E-state index in [1.807, 2.05) is 31.2 Å². The summed E-state index contributed by atoms with van der Waals surface area (Å²) < 4.78 is 5.05. The first-order valence-electron chi connectivity index (χ1n) is 9.03. The summed E-state index contributed by atoms with van der Waals surface area (Å²) in [5.74, 6) is 1.51. The second-order valence-electron chi connectivity index (χ2n) is 6.08. The highest BCUT2D eigenvalue weighted by Gasteiger charge is 2.23. The molecule has 0 atom stereocenters. The SMILES string of the molecule is CCOC(=O)N1CCN(c2nccc(NCCc3ccccc3)n2)CC1. The zero-order valence-corrected chi connectivity index (χ0v) is 15.1. The molecule has 1 aliphatic rings. The molecule has 0 saturated carbocycles. The van der Waals surface area contributed by atoms with Crippen LogP contribution in [0, 0.1) is 0 Å². The zero-order chi connectivity index (χ0) is 18.2. The van der Waals surface area contributed by atoms with Crippen LogP contribution in [0.1, 0.15) is 12.5 Å². The number of ether oxygens (including phenoxy) is 1. The van der Waals surface area contributed by atoms with Crippen LogP contribution < -0.4 is 10.2 Å². The van der Waals surface area contributed by atoms with Gasteiger partial charge in [-0.2, -0.15) is 4.98 Å². The highest BCUT2D eigenvalue weighted by Crippen LogP contribution is 2.14. The number of rotatable bonds is 6. The third-order valence-corrected chi connectivity index (χ3v) is 4.29. The van der Waals surface area contributed by atoms with E-state index in [1.54, 1.807) is 11.1 Å². The lowest BCUT2D eigenvalue weighted by molar-refractivity contribution is 0.105. The van der Waals surface area contributed by atoms with Crippen molar-refractivity contribution in [3.8, 4) is 0 Å². The summed E-state index contributed by atoms with van der Waals surface area (Å²) in [4.78, 5) is 24.6. The fourth-order valence-corrected chi connectivity index (χ4v) is 2.88. The number of benzene rings is 1. The average Bonchev–Trinajstić information content (AvgIpc) is 2.69. The number of anilines is 2. The van der Waals surface area contributed by atoms with Crippen LogP contribution in [0.4, 0.5) is 16.6 Å². The molecule has 0 unspecified atom stereocenters. The lowest BCUT2D eigenvalue weighted by Crippen LogP contribution is -2.49. The van der Waals surface area contributed by atoms with Gasteiger partial charge in [-0.3, -0.25) is 0 Å². The fraction of sp³-hybridized carbons (Fsp3) is 0.421. The van der Waals surface area contributed by atoms with Gasteiger partial charge in [-0.25, -0.2) is 9.78 Å². The fourth-order valence-electron chi connectivity index (χ4n) is 2.88. The molecule has 1 aliphatic heterocycles. The molecule has 0 aliphatic carbocycles. The highest BCUT2D eigenvalue weighted by atomic mass is 16.6. The van der Waals surface area contributed by atoms with Crippen molar-refractivity contribution in [2.45, 2.75) is 13.3 Å². The van der Waals surface area contributed by atoms with Gasteiger partial charge in [-0.05, 0) is 25.0 Å². The van der Waals surface area contributed by atoms with Crippen molar-refractivity contribution in [2.24, 2.45) is 0 Å². The monoisotopic (exact) mass is 355 g/mol. The van der Waals surface area contributed by atoms with Gasteiger partial charge in [0.15, 0.2) is 0 Å². The number of hydrogen-bond acceptors (Lipinski definition) is 6. The Morgan fingerprint density at radius 1 is 1.15 bits per heavy atom. The van der Waals surface area contributed by atoms with E-state index in [2.05, 4.69) is 32.3 Å². The van der Waals surface area contributed by atoms with Gasteiger partial charge in [-0.1, -0.05) is 30.3 Å². The van der Waals surface area contributed by atoms with Crippen LogP contribution in [-0.4, -0.2) is 60.3 Å². The molecular weight excluding hydrogens is 330 g/mol. The number of piperazine rings is 1. The van der Waals surface area contributed by atoms with Crippen LogP contribution >= 0.6 is 0 Å². The minimum atomic E-state index is -0.246. The summed E-state index contributed by atoms with van der Waals surface area (Å²) in [6, 6.07) is 12.2. The van der Waals surface area contributed by atoms with E-state index in [9.17, 15) is 4.79 Å². The van der Waals surface area contributed by atoms with Crippen LogP contribution in [0.3, 0.4) is 0 Å². The molecule has 0 radical (unpaired) electrons. The molecular formula is C19H25N5O2. The summed E-state index contributed by atoms with van der Waals surface area (Å²) in [6.07, 6.45) is 2.47. The van der Waals surface area contributed by atoms with E-state index in [0.717, 1.165) is 18.8 Å². The minimum absolute atomic E-state index is 0.246. The largest absolute Gasteiger partial charge is 0.450 e. The number of nitrogens with zero attached hydrogens (tertiary/aromatic N) is 4. The number of aromatic nitrogens is 2. The summed E-state index contributed by atoms with van der Waals surface area (Å²) >= 11 is 0. The number of amides is 1. The molecule has 1 aromatic carbocycles. The molecule has 1 amide bonds. The topological polar surface area (TPSA) is 70.6 Å². The Morgan fingerprint density at radius 3 is 2.65 bits per heavy atom. The van der Waals surface area contributed by atoms with Gasteiger partial charge >= 0.3 is 6.09 Å². The van der Waals surface area contributed by atoms with Gasteiger partial charge in [0, 0.05) is 38.9 Å². The Kier molecular flexibility index (Phi) is 6.24. The van der Waals surface area contributed by atoms with Gasteiger partial charge in [0.05, 0.1) is 6.61 Å². The molecule has 2 aromatic rings. The standard InChI is InChI=1S/C19H25N5O2/c1-2-26-19(25)24-14-12-23(13-15-24)18-21-11-9-17(22-18)20-10-8-16-6-4-3-5-7-16/h3-7,9,11H,2,8,10,12-15H2,1H3,(H,20,21,22). The molecule has 1 fully saturated rings. The lowest BCUT2D eigenvalue weighted by Gasteiger charge is -2.34. The maximum absolute atomic E-state index is 11.8. The van der Waals surface area contributed by atoms with E-state index in [4.69, 9.17) is 4.74 Å². The van der Waals surface area contributed by atoms with Crippen molar-refractivity contribution in [3.05, 3.63) is 48.2 Å². The summed E-state index contributed by atoms with van der Waals surface area (Å²) in [5, 5.41) is 3.35. The van der Waals surface area contributed by atoms with Crippen LogP contribution in [0.25, 0.3) is 0 Å². The molecule has 138 valence electrons. The van der Waals surface area contributed by atoms with Crippen molar-refractivity contribution in [1.82, 2.24) is 14.9 Å². The van der Waals surface area contributed by atoms with Crippen LogP contribution in [0.5, 0.6) is 0 Å². The van der Waals surface area contributed by atoms with Crippen molar-refractivity contribution in [2.75, 3.05) is 49.5 Å². The zero-order valence-electron chi connectivity index (χ0n) is 15.1. The average molecular weight is 355 g/mol. The Morgan fingerprint density at radius 2 is 1.92 bits per heavy atom. The van der Waals surface area contributed by atoms with Crippen molar-refractivity contribution < 1.29 is 9.53 Å². The maximum atomic E-state index is 11.8. The van der Waals surface area contributed by atoms with E-state index < -0.39 is 0 Å². The van der Waals surface area contributed by atoms with Gasteiger partial charge in [0.2, 0.25) is 5.95 Å². The predicted molar refractivity (Wildman–Crippen MR) is 101 cm³/mol. The lowest BCUT2D eigenvalue weighted by atomic mass is 10.1. The summed E-state index contributed by atoms with van der Waals surface area (Å²) in [5.41, 5.74) is 1.30. The van der Waals surface area contributed by atoms with Gasteiger partial charge in [-0.15, -0.1) is 0 Å². The molecule has 1 saturated heterocycles. The smallest absolute Gasteiger partial charge is 0.409 e. The van der Waals surface area contributed by atoms with E-state index in [-0.39, 0.29) is 6.09 Å². The normalized spacial score (nSPS) is 14.2. The molecule has 0 bridgehead atoms. The van der Waals surface area contributed by atoms with Crippen LogP contribution in [-0.2, 0) is 11.2 Å². The molecule has 1 aromatic heterocycles. The quantitative estimate of drug-likeness (QED) is 0.858. The van der Waals surface area contributed by atoms with Crippen LogP contribution in [0.2, 0.25) is 0 Å². The van der Waals surface area contributed by atoms with Crippen molar-refractivity contribution in [1.29, 1.82) is 0 Å². The first kappa shape index (κ1) is 18.0.